The topological polar surface area (TPSA) is 88.7 Å². The van der Waals surface area contributed by atoms with Crippen LogP contribution < -0.4 is 14.2 Å². The highest BCUT2D eigenvalue weighted by molar-refractivity contribution is 5.31. The van der Waals surface area contributed by atoms with Gasteiger partial charge in [-0.15, -0.1) is 0 Å². The summed E-state index contributed by atoms with van der Waals surface area (Å²) < 4.78 is 19.0. The first-order chi connectivity index (χ1) is 14.2. The quantitative estimate of drug-likeness (QED) is 0.423. The summed E-state index contributed by atoms with van der Waals surface area (Å²) in [6, 6.07) is 17.8. The number of nitro groups is 1. The number of fused-ring (bicyclic) bond motifs is 1. The summed E-state index contributed by atoms with van der Waals surface area (Å²) in [5.74, 6) is 1.35. The zero-order valence-electron chi connectivity index (χ0n) is 15.8. The molecule has 29 heavy (non-hydrogen) atoms. The lowest BCUT2D eigenvalue weighted by Gasteiger charge is -2.22. The summed E-state index contributed by atoms with van der Waals surface area (Å²) in [5, 5.41) is 10.8. The van der Waals surface area contributed by atoms with Crippen molar-refractivity contribution >= 4 is 5.82 Å². The van der Waals surface area contributed by atoms with Crippen LogP contribution in [0.1, 0.15) is 18.4 Å². The Labute approximate surface area is 167 Å². The fourth-order valence-corrected chi connectivity index (χ4v) is 3.10. The molecule has 1 aromatic heterocycles. The van der Waals surface area contributed by atoms with E-state index in [2.05, 4.69) is 4.98 Å². The number of benzene rings is 2. The van der Waals surface area contributed by atoms with Crippen molar-refractivity contribution in [3.8, 4) is 17.5 Å². The van der Waals surface area contributed by atoms with Crippen molar-refractivity contribution in [2.24, 2.45) is 0 Å². The monoisotopic (exact) mass is 395 g/mol. The second kappa shape index (κ2) is 8.64. The van der Waals surface area contributed by atoms with E-state index in [1.54, 1.807) is 4.57 Å². The van der Waals surface area contributed by atoms with Crippen LogP contribution in [0.4, 0.5) is 5.82 Å². The van der Waals surface area contributed by atoms with Gasteiger partial charge in [0.15, 0.2) is 0 Å². The van der Waals surface area contributed by atoms with Gasteiger partial charge in [0.25, 0.3) is 0 Å². The van der Waals surface area contributed by atoms with Gasteiger partial charge in [-0.3, -0.25) is 4.57 Å². The molecule has 0 unspecified atom stereocenters. The Morgan fingerprint density at radius 1 is 1.10 bits per heavy atom. The lowest BCUT2D eigenvalue weighted by atomic mass is 10.2. The van der Waals surface area contributed by atoms with Crippen LogP contribution in [0.25, 0.3) is 0 Å². The maximum Gasteiger partial charge on any atom is 0.414 e. The minimum atomic E-state index is -0.514. The van der Waals surface area contributed by atoms with E-state index in [9.17, 15) is 10.1 Å². The second-order valence-electron chi connectivity index (χ2n) is 6.74. The summed E-state index contributed by atoms with van der Waals surface area (Å²) in [5.41, 5.74) is 1.12. The summed E-state index contributed by atoms with van der Waals surface area (Å²) >= 11 is 0. The molecule has 1 atom stereocenters. The van der Waals surface area contributed by atoms with Crippen LogP contribution in [0, 0.1) is 10.1 Å². The zero-order chi connectivity index (χ0) is 20.1. The molecule has 1 aliphatic rings. The van der Waals surface area contributed by atoms with E-state index in [-0.39, 0.29) is 11.9 Å². The van der Waals surface area contributed by atoms with Crippen LogP contribution in [0.15, 0.2) is 60.8 Å². The fourth-order valence-electron chi connectivity index (χ4n) is 3.10. The molecule has 1 aliphatic heterocycles. The molecular formula is C21H21N3O5. The van der Waals surface area contributed by atoms with Gasteiger partial charge in [-0.25, -0.2) is 0 Å². The van der Waals surface area contributed by atoms with Gasteiger partial charge in [0.1, 0.15) is 30.4 Å². The van der Waals surface area contributed by atoms with Crippen LogP contribution in [0.5, 0.6) is 17.5 Å². The SMILES string of the molecule is O=[N+]([O-])c1cn2c(n1)O[C@@H](CCOc1ccc(OCc3ccccc3)cc1)CC2. The first-order valence-electron chi connectivity index (χ1n) is 9.45. The highest BCUT2D eigenvalue weighted by atomic mass is 16.6. The molecule has 2 heterocycles. The molecule has 8 nitrogen and oxygen atoms in total. The van der Waals surface area contributed by atoms with E-state index in [1.807, 2.05) is 54.6 Å². The fraction of sp³-hybridized carbons (Fsp3) is 0.286. The van der Waals surface area contributed by atoms with E-state index in [4.69, 9.17) is 14.2 Å². The molecule has 0 bridgehead atoms. The molecule has 0 amide bonds. The van der Waals surface area contributed by atoms with E-state index >= 15 is 0 Å². The Morgan fingerprint density at radius 2 is 1.83 bits per heavy atom. The molecule has 4 rings (SSSR count). The van der Waals surface area contributed by atoms with Gasteiger partial charge in [0.2, 0.25) is 0 Å². The number of ether oxygens (including phenoxy) is 3. The molecule has 0 saturated heterocycles. The van der Waals surface area contributed by atoms with E-state index < -0.39 is 4.92 Å². The van der Waals surface area contributed by atoms with Crippen molar-refractivity contribution in [3.05, 3.63) is 76.5 Å². The minimum absolute atomic E-state index is 0.0713. The van der Waals surface area contributed by atoms with E-state index in [0.29, 0.717) is 32.2 Å². The zero-order valence-corrected chi connectivity index (χ0v) is 15.8. The summed E-state index contributed by atoms with van der Waals surface area (Å²) in [7, 11) is 0. The number of hydrogen-bond acceptors (Lipinski definition) is 6. The van der Waals surface area contributed by atoms with Crippen LogP contribution in [0.2, 0.25) is 0 Å². The molecule has 0 radical (unpaired) electrons. The molecule has 0 spiro atoms. The van der Waals surface area contributed by atoms with Crippen LogP contribution in [-0.4, -0.2) is 27.2 Å². The number of rotatable bonds is 8. The molecule has 3 aromatic rings. The summed E-state index contributed by atoms with van der Waals surface area (Å²) in [6.45, 7) is 1.65. The van der Waals surface area contributed by atoms with Crippen LogP contribution in [-0.2, 0) is 13.2 Å². The third kappa shape index (κ3) is 4.84. The highest BCUT2D eigenvalue weighted by Crippen LogP contribution is 2.25. The van der Waals surface area contributed by atoms with Gasteiger partial charge in [-0.05, 0) is 34.8 Å². The van der Waals surface area contributed by atoms with Gasteiger partial charge in [0.05, 0.1) is 6.61 Å². The number of imidazole rings is 1. The van der Waals surface area contributed by atoms with Crippen molar-refractivity contribution in [2.45, 2.75) is 32.1 Å². The second-order valence-corrected chi connectivity index (χ2v) is 6.74. The van der Waals surface area contributed by atoms with Crippen LogP contribution in [0.3, 0.4) is 0 Å². The smallest absolute Gasteiger partial charge is 0.414 e. The number of hydrogen-bond donors (Lipinski definition) is 0. The molecule has 150 valence electrons. The van der Waals surface area contributed by atoms with Crippen molar-refractivity contribution < 1.29 is 19.1 Å². The molecule has 8 heteroatoms. The molecule has 0 saturated carbocycles. The first-order valence-corrected chi connectivity index (χ1v) is 9.45. The standard InChI is InChI=1S/C21H21N3O5/c25-24(26)20-14-23-12-10-19(29-21(23)22-20)11-13-27-17-6-8-18(9-7-17)28-15-16-4-2-1-3-5-16/h1-9,14,19H,10-13,15H2/t19-/m1/s1. The van der Waals surface area contributed by atoms with Crippen LogP contribution >= 0.6 is 0 Å². The molecule has 2 aromatic carbocycles. The lowest BCUT2D eigenvalue weighted by molar-refractivity contribution is -0.389. The van der Waals surface area contributed by atoms with E-state index in [0.717, 1.165) is 23.5 Å². The largest absolute Gasteiger partial charge is 0.493 e. The van der Waals surface area contributed by atoms with Crippen molar-refractivity contribution in [3.63, 3.8) is 0 Å². The first kappa shape index (κ1) is 18.8. The Hall–Kier alpha value is -3.55. The Kier molecular flexibility index (Phi) is 5.60. The predicted molar refractivity (Wildman–Crippen MR) is 105 cm³/mol. The Balaban J connectivity index is 1.22. The number of nitrogens with zero attached hydrogens (tertiary/aromatic N) is 3. The average molecular weight is 395 g/mol. The van der Waals surface area contributed by atoms with E-state index in [1.165, 1.54) is 6.20 Å². The van der Waals surface area contributed by atoms with Gasteiger partial charge >= 0.3 is 11.8 Å². The average Bonchev–Trinajstić information content (AvgIpc) is 3.18. The summed E-state index contributed by atoms with van der Waals surface area (Å²) in [4.78, 5) is 14.2. The maximum atomic E-state index is 10.8. The van der Waals surface area contributed by atoms with Crippen molar-refractivity contribution in [2.75, 3.05) is 6.61 Å². The third-order valence-corrected chi connectivity index (χ3v) is 4.66. The van der Waals surface area contributed by atoms with Crippen molar-refractivity contribution in [1.29, 1.82) is 0 Å². The predicted octanol–water partition coefficient (Wildman–Crippen LogP) is 3.99. The maximum absolute atomic E-state index is 10.8. The summed E-state index contributed by atoms with van der Waals surface area (Å²) in [6.07, 6.45) is 2.77. The normalized spacial score (nSPS) is 15.2. The van der Waals surface area contributed by atoms with Crippen molar-refractivity contribution in [1.82, 2.24) is 9.55 Å². The minimum Gasteiger partial charge on any atom is -0.493 e. The van der Waals surface area contributed by atoms with Gasteiger partial charge < -0.3 is 24.3 Å². The lowest BCUT2D eigenvalue weighted by Crippen LogP contribution is -2.27. The molecule has 0 N–H and O–H groups in total. The molecule has 0 fully saturated rings. The third-order valence-electron chi connectivity index (χ3n) is 4.66. The molecular weight excluding hydrogens is 374 g/mol. The number of aromatic nitrogens is 2. The molecule has 0 aliphatic carbocycles. The van der Waals surface area contributed by atoms with Gasteiger partial charge in [-0.2, -0.15) is 0 Å². The highest BCUT2D eigenvalue weighted by Gasteiger charge is 2.27. The Morgan fingerprint density at radius 3 is 2.55 bits per heavy atom. The number of aryl methyl sites for hydroxylation is 1. The Bertz CT molecular complexity index is 956. The van der Waals surface area contributed by atoms with Gasteiger partial charge in [-0.1, -0.05) is 30.3 Å². The van der Waals surface area contributed by atoms with Gasteiger partial charge in [0, 0.05) is 24.4 Å².